The lowest BCUT2D eigenvalue weighted by Crippen LogP contribution is -2.13. The van der Waals surface area contributed by atoms with Crippen molar-refractivity contribution in [3.8, 4) is 0 Å². The summed E-state index contributed by atoms with van der Waals surface area (Å²) in [5.74, 6) is -0.874. The average Bonchev–Trinajstić information content (AvgIpc) is 2.35. The van der Waals surface area contributed by atoms with Crippen molar-refractivity contribution >= 4 is 27.5 Å². The third kappa shape index (κ3) is 2.88. The first-order valence-electron chi connectivity index (χ1n) is 4.83. The van der Waals surface area contributed by atoms with Gasteiger partial charge in [-0.2, -0.15) is 0 Å². The number of nitrogens with zero attached hydrogens (tertiary/aromatic N) is 1. The van der Waals surface area contributed by atoms with Crippen LogP contribution in [0.3, 0.4) is 0 Å². The van der Waals surface area contributed by atoms with Crippen LogP contribution in [0.2, 0.25) is 0 Å². The van der Waals surface area contributed by atoms with Gasteiger partial charge in [0.05, 0.1) is 11.3 Å². The van der Waals surface area contributed by atoms with E-state index in [1.165, 1.54) is 18.3 Å². The lowest BCUT2D eigenvalue weighted by Gasteiger charge is -2.06. The molecule has 86 valence electrons. The van der Waals surface area contributed by atoms with E-state index in [1.54, 1.807) is 24.4 Å². The summed E-state index contributed by atoms with van der Waals surface area (Å²) >= 11 is 3.21. The Balaban J connectivity index is 2.22. The van der Waals surface area contributed by atoms with Crippen LogP contribution in [-0.4, -0.2) is 10.9 Å². The second-order valence-corrected chi connectivity index (χ2v) is 4.24. The molecular formula is C12H8BrFN2O. The number of hydrogen-bond acceptors (Lipinski definition) is 2. The van der Waals surface area contributed by atoms with Crippen molar-refractivity contribution in [3.63, 3.8) is 0 Å². The van der Waals surface area contributed by atoms with Gasteiger partial charge < -0.3 is 5.32 Å². The van der Waals surface area contributed by atoms with Crippen molar-refractivity contribution in [1.29, 1.82) is 0 Å². The summed E-state index contributed by atoms with van der Waals surface area (Å²) < 4.78 is 14.1. The molecule has 1 aromatic heterocycles. The predicted molar refractivity (Wildman–Crippen MR) is 66.3 cm³/mol. The summed E-state index contributed by atoms with van der Waals surface area (Å²) in [5, 5.41) is 2.48. The maximum Gasteiger partial charge on any atom is 0.257 e. The summed E-state index contributed by atoms with van der Waals surface area (Å²) in [4.78, 5) is 15.6. The molecule has 5 heteroatoms. The highest BCUT2D eigenvalue weighted by Gasteiger charge is 2.09. The lowest BCUT2D eigenvalue weighted by molar-refractivity contribution is 0.102. The Hall–Kier alpha value is -1.75. The van der Waals surface area contributed by atoms with Gasteiger partial charge in [0.1, 0.15) is 5.82 Å². The summed E-state index contributed by atoms with van der Waals surface area (Å²) in [5.41, 5.74) is 0.514. The predicted octanol–water partition coefficient (Wildman–Crippen LogP) is 3.24. The highest BCUT2D eigenvalue weighted by molar-refractivity contribution is 9.10. The van der Waals surface area contributed by atoms with Gasteiger partial charge in [0.25, 0.3) is 5.91 Å². The van der Waals surface area contributed by atoms with Crippen LogP contribution >= 0.6 is 15.9 Å². The van der Waals surface area contributed by atoms with Crippen LogP contribution in [0.15, 0.2) is 47.2 Å². The summed E-state index contributed by atoms with van der Waals surface area (Å²) in [7, 11) is 0. The number of rotatable bonds is 2. The van der Waals surface area contributed by atoms with E-state index in [4.69, 9.17) is 0 Å². The molecule has 0 fully saturated rings. The van der Waals surface area contributed by atoms with E-state index in [9.17, 15) is 9.18 Å². The molecule has 0 aliphatic rings. The highest BCUT2D eigenvalue weighted by atomic mass is 79.9. The van der Waals surface area contributed by atoms with Gasteiger partial charge in [0.15, 0.2) is 0 Å². The average molecular weight is 295 g/mol. The number of halogens is 2. The number of carbonyl (C=O) groups excluding carboxylic acids is 1. The Morgan fingerprint density at radius 3 is 2.88 bits per heavy atom. The lowest BCUT2D eigenvalue weighted by atomic mass is 10.2. The van der Waals surface area contributed by atoms with Crippen LogP contribution in [0.1, 0.15) is 10.4 Å². The quantitative estimate of drug-likeness (QED) is 0.924. The zero-order chi connectivity index (χ0) is 12.3. The minimum atomic E-state index is -0.481. The molecule has 1 N–H and O–H groups in total. The van der Waals surface area contributed by atoms with E-state index >= 15 is 0 Å². The largest absolute Gasteiger partial charge is 0.319 e. The fraction of sp³-hybridized carbons (Fsp3) is 0. The van der Waals surface area contributed by atoms with E-state index < -0.39 is 11.7 Å². The van der Waals surface area contributed by atoms with Crippen molar-refractivity contribution in [1.82, 2.24) is 4.98 Å². The van der Waals surface area contributed by atoms with Gasteiger partial charge in [0.2, 0.25) is 0 Å². The van der Waals surface area contributed by atoms with Gasteiger partial charge in [-0.1, -0.05) is 15.9 Å². The number of aromatic nitrogens is 1. The van der Waals surface area contributed by atoms with Crippen molar-refractivity contribution in [2.24, 2.45) is 0 Å². The molecule has 1 heterocycles. The summed E-state index contributed by atoms with van der Waals surface area (Å²) in [6.45, 7) is 0. The molecule has 0 bridgehead atoms. The van der Waals surface area contributed by atoms with Crippen LogP contribution in [0.25, 0.3) is 0 Å². The number of hydrogen-bond donors (Lipinski definition) is 1. The Kier molecular flexibility index (Phi) is 3.49. The molecule has 2 aromatic rings. The van der Waals surface area contributed by atoms with Crippen LogP contribution in [0.4, 0.5) is 10.1 Å². The summed E-state index contributed by atoms with van der Waals surface area (Å²) in [6.07, 6.45) is 2.99. The number of nitrogens with one attached hydrogen (secondary N) is 1. The van der Waals surface area contributed by atoms with E-state index in [0.717, 1.165) is 0 Å². The minimum Gasteiger partial charge on any atom is -0.319 e. The Bertz CT molecular complexity index is 545. The molecule has 0 saturated carbocycles. The van der Waals surface area contributed by atoms with Crippen LogP contribution < -0.4 is 5.32 Å². The first kappa shape index (κ1) is 11.7. The first-order chi connectivity index (χ1) is 8.16. The van der Waals surface area contributed by atoms with Gasteiger partial charge in [-0.25, -0.2) is 4.39 Å². The molecule has 0 atom stereocenters. The zero-order valence-corrected chi connectivity index (χ0v) is 10.2. The zero-order valence-electron chi connectivity index (χ0n) is 8.65. The van der Waals surface area contributed by atoms with E-state index in [1.807, 2.05) is 0 Å². The number of anilines is 1. The molecule has 0 spiro atoms. The first-order valence-corrected chi connectivity index (χ1v) is 5.62. The molecule has 0 saturated heterocycles. The minimum absolute atomic E-state index is 0.133. The van der Waals surface area contributed by atoms with Gasteiger partial charge in [0, 0.05) is 16.9 Å². The van der Waals surface area contributed by atoms with Crippen LogP contribution in [0.5, 0.6) is 0 Å². The molecule has 0 aliphatic heterocycles. The van der Waals surface area contributed by atoms with Gasteiger partial charge in [-0.15, -0.1) is 0 Å². The molecule has 2 rings (SSSR count). The fourth-order valence-corrected chi connectivity index (χ4v) is 1.65. The maximum atomic E-state index is 13.4. The molecular weight excluding hydrogens is 287 g/mol. The van der Waals surface area contributed by atoms with Crippen molar-refractivity contribution in [2.75, 3.05) is 5.32 Å². The number of benzene rings is 1. The Morgan fingerprint density at radius 2 is 2.18 bits per heavy atom. The van der Waals surface area contributed by atoms with Gasteiger partial charge in [-0.3, -0.25) is 9.78 Å². The van der Waals surface area contributed by atoms with E-state index in [0.29, 0.717) is 10.0 Å². The van der Waals surface area contributed by atoms with Crippen molar-refractivity contribution < 1.29 is 9.18 Å². The number of amides is 1. The smallest absolute Gasteiger partial charge is 0.257 e. The van der Waals surface area contributed by atoms with Crippen molar-refractivity contribution in [2.45, 2.75) is 0 Å². The highest BCUT2D eigenvalue weighted by Crippen LogP contribution is 2.20. The van der Waals surface area contributed by atoms with Crippen LogP contribution in [-0.2, 0) is 0 Å². The summed E-state index contributed by atoms with van der Waals surface area (Å²) in [6, 6.07) is 7.60. The standard InChI is InChI=1S/C12H8BrFN2O/c13-9-3-4-10(14)11(6-9)16-12(17)8-2-1-5-15-7-8/h1-7H,(H,16,17). The molecule has 17 heavy (non-hydrogen) atoms. The molecule has 0 radical (unpaired) electrons. The molecule has 0 unspecified atom stereocenters. The normalized spacial score (nSPS) is 10.0. The third-order valence-electron chi connectivity index (χ3n) is 2.10. The molecule has 3 nitrogen and oxygen atoms in total. The fourth-order valence-electron chi connectivity index (χ4n) is 1.28. The Morgan fingerprint density at radius 1 is 1.35 bits per heavy atom. The van der Waals surface area contributed by atoms with Gasteiger partial charge in [-0.05, 0) is 30.3 Å². The molecule has 0 aliphatic carbocycles. The Labute approximate surface area is 106 Å². The van der Waals surface area contributed by atoms with Crippen LogP contribution in [0, 0.1) is 5.82 Å². The van der Waals surface area contributed by atoms with Gasteiger partial charge >= 0.3 is 0 Å². The molecule has 1 aromatic carbocycles. The number of pyridine rings is 1. The third-order valence-corrected chi connectivity index (χ3v) is 2.59. The van der Waals surface area contributed by atoms with Crippen molar-refractivity contribution in [3.05, 3.63) is 58.6 Å². The second kappa shape index (κ2) is 5.05. The molecule has 1 amide bonds. The monoisotopic (exact) mass is 294 g/mol. The maximum absolute atomic E-state index is 13.4. The topological polar surface area (TPSA) is 42.0 Å². The SMILES string of the molecule is O=C(Nc1cc(Br)ccc1F)c1cccnc1. The number of carbonyl (C=O) groups is 1. The van der Waals surface area contributed by atoms with E-state index in [-0.39, 0.29) is 5.69 Å². The van der Waals surface area contributed by atoms with E-state index in [2.05, 4.69) is 26.2 Å². The second-order valence-electron chi connectivity index (χ2n) is 3.32.